The van der Waals surface area contributed by atoms with Crippen LogP contribution in [0, 0.1) is 0 Å². The predicted octanol–water partition coefficient (Wildman–Crippen LogP) is 3.68. The van der Waals surface area contributed by atoms with Gasteiger partial charge in [0.15, 0.2) is 0 Å². The zero-order valence-corrected chi connectivity index (χ0v) is 12.0. The highest BCUT2D eigenvalue weighted by Gasteiger charge is 2.22. The van der Waals surface area contributed by atoms with Crippen molar-refractivity contribution in [2.45, 2.75) is 44.9 Å². The Balaban J connectivity index is 2.48. The van der Waals surface area contributed by atoms with Crippen molar-refractivity contribution in [2.75, 3.05) is 13.7 Å². The van der Waals surface area contributed by atoms with Crippen LogP contribution in [0.3, 0.4) is 0 Å². The number of methoxy groups -OCH3 is 1. The van der Waals surface area contributed by atoms with Crippen molar-refractivity contribution in [2.24, 2.45) is 5.73 Å². The molecule has 1 aromatic rings. The molecule has 0 bridgehead atoms. The first kappa shape index (κ1) is 13.7. The summed E-state index contributed by atoms with van der Waals surface area (Å²) in [6.45, 7) is 2.88. The topological polar surface area (TPSA) is 35.2 Å². The molecule has 18 heavy (non-hydrogen) atoms. The van der Waals surface area contributed by atoms with E-state index in [0.29, 0.717) is 12.5 Å². The third kappa shape index (κ3) is 2.50. The molecule has 1 atom stereocenters. The molecule has 1 aromatic carbocycles. The van der Waals surface area contributed by atoms with Gasteiger partial charge in [-0.1, -0.05) is 24.6 Å². The molecular formula is C15H22ClNO. The highest BCUT2D eigenvalue weighted by Crippen LogP contribution is 2.41. The van der Waals surface area contributed by atoms with Crippen molar-refractivity contribution in [1.82, 2.24) is 0 Å². The van der Waals surface area contributed by atoms with Crippen molar-refractivity contribution < 1.29 is 4.74 Å². The third-order valence-corrected chi connectivity index (χ3v) is 4.30. The van der Waals surface area contributed by atoms with E-state index in [0.717, 1.165) is 30.0 Å². The fourth-order valence-electron chi connectivity index (χ4n) is 2.83. The first-order chi connectivity index (χ1) is 8.69. The summed E-state index contributed by atoms with van der Waals surface area (Å²) in [5.74, 6) is 1.26. The Kier molecular flexibility index (Phi) is 4.52. The van der Waals surface area contributed by atoms with Crippen LogP contribution in [-0.4, -0.2) is 13.7 Å². The lowest BCUT2D eigenvalue weighted by Gasteiger charge is -2.24. The Labute approximate surface area is 114 Å². The van der Waals surface area contributed by atoms with Gasteiger partial charge in [-0.15, -0.1) is 0 Å². The Hall–Kier alpha value is -0.730. The molecule has 0 aromatic heterocycles. The Bertz CT molecular complexity index is 431. The Morgan fingerprint density at radius 2 is 2.11 bits per heavy atom. The van der Waals surface area contributed by atoms with E-state index < -0.39 is 0 Å². The second-order valence-electron chi connectivity index (χ2n) is 5.14. The van der Waals surface area contributed by atoms with Crippen LogP contribution in [0.15, 0.2) is 6.07 Å². The number of aryl methyl sites for hydroxylation is 1. The van der Waals surface area contributed by atoms with Crippen LogP contribution in [0.1, 0.15) is 48.8 Å². The number of hydrogen-bond donors (Lipinski definition) is 1. The summed E-state index contributed by atoms with van der Waals surface area (Å²) in [6.07, 6.45) is 5.68. The first-order valence-corrected chi connectivity index (χ1v) is 7.15. The van der Waals surface area contributed by atoms with Crippen LogP contribution >= 0.6 is 11.6 Å². The smallest absolute Gasteiger partial charge is 0.141 e. The van der Waals surface area contributed by atoms with Crippen molar-refractivity contribution in [3.63, 3.8) is 0 Å². The summed E-state index contributed by atoms with van der Waals surface area (Å²) < 4.78 is 5.54. The van der Waals surface area contributed by atoms with Crippen LogP contribution in [0.5, 0.6) is 5.75 Å². The van der Waals surface area contributed by atoms with E-state index in [4.69, 9.17) is 22.1 Å². The minimum Gasteiger partial charge on any atom is -0.495 e. The summed E-state index contributed by atoms with van der Waals surface area (Å²) in [6, 6.07) is 2.29. The highest BCUT2D eigenvalue weighted by molar-refractivity contribution is 6.33. The van der Waals surface area contributed by atoms with Gasteiger partial charge >= 0.3 is 0 Å². The molecule has 2 N–H and O–H groups in total. The van der Waals surface area contributed by atoms with Gasteiger partial charge in [-0.05, 0) is 61.3 Å². The molecule has 0 radical (unpaired) electrons. The summed E-state index contributed by atoms with van der Waals surface area (Å²) >= 11 is 6.52. The molecule has 0 saturated carbocycles. The second kappa shape index (κ2) is 5.94. The Morgan fingerprint density at radius 3 is 2.78 bits per heavy atom. The van der Waals surface area contributed by atoms with Gasteiger partial charge in [-0.25, -0.2) is 0 Å². The van der Waals surface area contributed by atoms with E-state index in [9.17, 15) is 0 Å². The van der Waals surface area contributed by atoms with Crippen LogP contribution in [0.4, 0.5) is 0 Å². The average Bonchev–Trinajstić information content (AvgIpc) is 2.39. The third-order valence-electron chi connectivity index (χ3n) is 3.90. The van der Waals surface area contributed by atoms with Gasteiger partial charge in [0.2, 0.25) is 0 Å². The molecule has 2 nitrogen and oxygen atoms in total. The molecule has 0 spiro atoms. The van der Waals surface area contributed by atoms with Crippen molar-refractivity contribution >= 4 is 11.6 Å². The summed E-state index contributed by atoms with van der Waals surface area (Å²) in [5, 5.41) is 0.827. The number of benzene rings is 1. The van der Waals surface area contributed by atoms with Gasteiger partial charge < -0.3 is 10.5 Å². The number of hydrogen-bond acceptors (Lipinski definition) is 2. The lowest BCUT2D eigenvalue weighted by atomic mass is 9.86. The fourth-order valence-corrected chi connectivity index (χ4v) is 3.24. The molecule has 2 rings (SSSR count). The number of fused-ring (bicyclic) bond motifs is 1. The SMILES string of the molecule is COc1c(C(C)CCN)cc2c(c1Cl)CCCC2. The summed E-state index contributed by atoms with van der Waals surface area (Å²) in [7, 11) is 1.70. The van der Waals surface area contributed by atoms with E-state index in [1.54, 1.807) is 7.11 Å². The van der Waals surface area contributed by atoms with Gasteiger partial charge in [0.25, 0.3) is 0 Å². The maximum Gasteiger partial charge on any atom is 0.141 e. The van der Waals surface area contributed by atoms with E-state index in [1.165, 1.54) is 29.5 Å². The minimum absolute atomic E-state index is 0.398. The molecule has 1 unspecified atom stereocenters. The van der Waals surface area contributed by atoms with Crippen LogP contribution in [0.25, 0.3) is 0 Å². The van der Waals surface area contributed by atoms with Crippen LogP contribution in [-0.2, 0) is 12.8 Å². The second-order valence-corrected chi connectivity index (χ2v) is 5.51. The molecule has 1 aliphatic carbocycles. The zero-order chi connectivity index (χ0) is 13.1. The zero-order valence-electron chi connectivity index (χ0n) is 11.3. The van der Waals surface area contributed by atoms with Crippen molar-refractivity contribution in [1.29, 1.82) is 0 Å². The molecular weight excluding hydrogens is 246 g/mol. The van der Waals surface area contributed by atoms with Crippen molar-refractivity contribution in [3.8, 4) is 5.75 Å². The van der Waals surface area contributed by atoms with Gasteiger partial charge in [-0.2, -0.15) is 0 Å². The Morgan fingerprint density at radius 1 is 1.39 bits per heavy atom. The molecule has 100 valence electrons. The monoisotopic (exact) mass is 267 g/mol. The number of ether oxygens (including phenoxy) is 1. The molecule has 3 heteroatoms. The molecule has 0 saturated heterocycles. The number of halogens is 1. The largest absolute Gasteiger partial charge is 0.495 e. The van der Waals surface area contributed by atoms with E-state index in [1.807, 2.05) is 0 Å². The average molecular weight is 268 g/mol. The standard InChI is InChI=1S/C15H22ClNO/c1-10(7-8-17)13-9-11-5-3-4-6-12(11)14(16)15(13)18-2/h9-10H,3-8,17H2,1-2H3. The molecule has 0 amide bonds. The lowest BCUT2D eigenvalue weighted by Crippen LogP contribution is -2.10. The number of rotatable bonds is 4. The predicted molar refractivity (Wildman–Crippen MR) is 76.7 cm³/mol. The van der Waals surface area contributed by atoms with Gasteiger partial charge in [0, 0.05) is 0 Å². The summed E-state index contributed by atoms with van der Waals surface area (Å²) in [5.41, 5.74) is 9.58. The van der Waals surface area contributed by atoms with Crippen LogP contribution < -0.4 is 10.5 Å². The maximum atomic E-state index is 6.52. The minimum atomic E-state index is 0.398. The lowest BCUT2D eigenvalue weighted by molar-refractivity contribution is 0.404. The van der Waals surface area contributed by atoms with E-state index >= 15 is 0 Å². The fraction of sp³-hybridized carbons (Fsp3) is 0.600. The molecule has 0 aliphatic heterocycles. The molecule has 1 aliphatic rings. The van der Waals surface area contributed by atoms with E-state index in [-0.39, 0.29) is 0 Å². The van der Waals surface area contributed by atoms with Crippen molar-refractivity contribution in [3.05, 3.63) is 27.8 Å². The normalized spacial score (nSPS) is 16.2. The maximum absolute atomic E-state index is 6.52. The highest BCUT2D eigenvalue weighted by atomic mass is 35.5. The molecule has 0 fully saturated rings. The first-order valence-electron chi connectivity index (χ1n) is 6.77. The molecule has 0 heterocycles. The number of nitrogens with two attached hydrogens (primary N) is 1. The van der Waals surface area contributed by atoms with Gasteiger partial charge in [-0.3, -0.25) is 0 Å². The quantitative estimate of drug-likeness (QED) is 0.903. The van der Waals surface area contributed by atoms with Gasteiger partial charge in [0.05, 0.1) is 12.1 Å². The van der Waals surface area contributed by atoms with E-state index in [2.05, 4.69) is 13.0 Å². The summed E-state index contributed by atoms with van der Waals surface area (Å²) in [4.78, 5) is 0. The van der Waals surface area contributed by atoms with Gasteiger partial charge in [0.1, 0.15) is 5.75 Å². The van der Waals surface area contributed by atoms with Crippen LogP contribution in [0.2, 0.25) is 5.02 Å².